The summed E-state index contributed by atoms with van der Waals surface area (Å²) in [5.41, 5.74) is 0. The predicted molar refractivity (Wildman–Crippen MR) is 72.7 cm³/mol. The van der Waals surface area contributed by atoms with E-state index in [0.29, 0.717) is 25.0 Å². The van der Waals surface area contributed by atoms with Gasteiger partial charge >= 0.3 is 8.25 Å². The first kappa shape index (κ1) is 14.4. The van der Waals surface area contributed by atoms with Gasteiger partial charge in [0.15, 0.2) is 0 Å². The Hall–Kier alpha value is 0.0200. The zero-order chi connectivity index (χ0) is 12.6. The maximum Gasteiger partial charge on any atom is 0.697 e. The molecule has 0 radical (unpaired) electrons. The van der Waals surface area contributed by atoms with Gasteiger partial charge in [-0.3, -0.25) is 0 Å². The Balaban J connectivity index is 1.54. The van der Waals surface area contributed by atoms with Gasteiger partial charge in [0.2, 0.25) is 0 Å². The van der Waals surface area contributed by atoms with Crippen molar-refractivity contribution in [1.82, 2.24) is 0 Å². The molecule has 0 N–H and O–H groups in total. The van der Waals surface area contributed by atoms with E-state index >= 15 is 0 Å². The monoisotopic (exact) mass is 273 g/mol. The molecule has 0 aromatic heterocycles. The van der Waals surface area contributed by atoms with Gasteiger partial charge in [-0.25, -0.2) is 0 Å². The van der Waals surface area contributed by atoms with Gasteiger partial charge in [-0.05, 0) is 37.5 Å². The Morgan fingerprint density at radius 1 is 0.722 bits per heavy atom. The average Bonchev–Trinajstić information content (AvgIpc) is 2.45. The summed E-state index contributed by atoms with van der Waals surface area (Å²) in [5, 5.41) is 0. The lowest BCUT2D eigenvalue weighted by molar-refractivity contribution is 0.152. The second-order valence-electron chi connectivity index (χ2n) is 5.82. The smallest absolute Gasteiger partial charge is 0.119 e. The normalized spacial score (nSPS) is 23.1. The van der Waals surface area contributed by atoms with E-state index in [1.165, 1.54) is 64.2 Å². The van der Waals surface area contributed by atoms with E-state index < -0.39 is 8.25 Å². The Labute approximate surface area is 112 Å². The molecular weight excluding hydrogens is 247 g/mol. The summed E-state index contributed by atoms with van der Waals surface area (Å²) >= 11 is 0. The lowest BCUT2D eigenvalue weighted by atomic mass is 9.90. The molecule has 2 rings (SSSR count). The summed E-state index contributed by atoms with van der Waals surface area (Å²) < 4.78 is 22.4. The maximum atomic E-state index is 11.6. The van der Waals surface area contributed by atoms with Crippen molar-refractivity contribution in [1.29, 1.82) is 0 Å². The van der Waals surface area contributed by atoms with Crippen molar-refractivity contribution in [2.45, 2.75) is 64.2 Å². The van der Waals surface area contributed by atoms with Crippen molar-refractivity contribution in [2.24, 2.45) is 11.8 Å². The predicted octanol–water partition coefficient (Wildman–Crippen LogP) is 4.84. The van der Waals surface area contributed by atoms with E-state index in [1.54, 1.807) is 0 Å². The Morgan fingerprint density at radius 2 is 1.11 bits per heavy atom. The summed E-state index contributed by atoms with van der Waals surface area (Å²) in [6.07, 6.45) is 12.8. The van der Waals surface area contributed by atoms with Crippen LogP contribution in [0.1, 0.15) is 64.2 Å². The zero-order valence-electron chi connectivity index (χ0n) is 11.3. The minimum Gasteiger partial charge on any atom is -0.119 e. The fourth-order valence-electron chi connectivity index (χ4n) is 3.08. The highest BCUT2D eigenvalue weighted by molar-refractivity contribution is 7.33. The Kier molecular flexibility index (Phi) is 6.61. The van der Waals surface area contributed by atoms with Crippen molar-refractivity contribution in [3.8, 4) is 0 Å². The highest BCUT2D eigenvalue weighted by Gasteiger charge is 2.26. The molecule has 0 heterocycles. The van der Waals surface area contributed by atoms with E-state index in [0.717, 1.165) is 0 Å². The van der Waals surface area contributed by atoms with Crippen LogP contribution in [0, 0.1) is 11.8 Å². The first-order valence-electron chi connectivity index (χ1n) is 7.57. The molecule has 0 bridgehead atoms. The van der Waals surface area contributed by atoms with Crippen molar-refractivity contribution >= 4 is 8.25 Å². The van der Waals surface area contributed by atoms with Crippen molar-refractivity contribution in [3.05, 3.63) is 0 Å². The molecule has 2 fully saturated rings. The van der Waals surface area contributed by atoms with E-state index in [2.05, 4.69) is 0 Å². The molecule has 104 valence electrons. The summed E-state index contributed by atoms with van der Waals surface area (Å²) in [6, 6.07) is 0. The van der Waals surface area contributed by atoms with Gasteiger partial charge in [-0.15, -0.1) is 9.05 Å². The van der Waals surface area contributed by atoms with Gasteiger partial charge in [0.05, 0.1) is 0 Å². The van der Waals surface area contributed by atoms with Crippen LogP contribution in [0.15, 0.2) is 0 Å². The van der Waals surface area contributed by atoms with Crippen LogP contribution in [0.4, 0.5) is 0 Å². The molecule has 0 atom stereocenters. The maximum absolute atomic E-state index is 11.6. The van der Waals surface area contributed by atoms with Crippen LogP contribution in [0.2, 0.25) is 0 Å². The van der Waals surface area contributed by atoms with Crippen LogP contribution >= 0.6 is 8.25 Å². The third-order valence-electron chi connectivity index (χ3n) is 4.28. The Bertz CT molecular complexity index is 221. The first-order chi connectivity index (χ1) is 8.84. The summed E-state index contributed by atoms with van der Waals surface area (Å²) in [6.45, 7) is 1.25. The molecule has 0 aromatic carbocycles. The molecule has 4 heteroatoms. The highest BCUT2D eigenvalue weighted by Crippen LogP contribution is 2.32. The fraction of sp³-hybridized carbons (Fsp3) is 1.00. The molecule has 2 aliphatic rings. The van der Waals surface area contributed by atoms with E-state index in [1.807, 2.05) is 0 Å². The summed E-state index contributed by atoms with van der Waals surface area (Å²) in [7, 11) is -1.88. The largest absolute Gasteiger partial charge is 0.697 e. The van der Waals surface area contributed by atoms with Gasteiger partial charge in [-0.1, -0.05) is 38.5 Å². The van der Waals surface area contributed by atoms with E-state index in [9.17, 15) is 4.57 Å². The quantitative estimate of drug-likeness (QED) is 0.650. The van der Waals surface area contributed by atoms with Crippen molar-refractivity contribution in [3.63, 3.8) is 0 Å². The van der Waals surface area contributed by atoms with Crippen LogP contribution < -0.4 is 0 Å². The number of hydrogen-bond acceptors (Lipinski definition) is 3. The van der Waals surface area contributed by atoms with Crippen molar-refractivity contribution in [2.75, 3.05) is 13.2 Å². The van der Waals surface area contributed by atoms with Crippen LogP contribution in [0.25, 0.3) is 0 Å². The second kappa shape index (κ2) is 8.24. The molecule has 3 nitrogen and oxygen atoms in total. The first-order valence-corrected chi connectivity index (χ1v) is 8.67. The van der Waals surface area contributed by atoms with Crippen LogP contribution in [-0.4, -0.2) is 13.2 Å². The zero-order valence-corrected chi connectivity index (χ0v) is 12.2. The topological polar surface area (TPSA) is 35.5 Å². The van der Waals surface area contributed by atoms with Gasteiger partial charge in [0, 0.05) is 4.57 Å². The molecular formula is C14H26O3P+. The molecule has 0 spiro atoms. The van der Waals surface area contributed by atoms with E-state index in [4.69, 9.17) is 9.05 Å². The number of hydrogen-bond donors (Lipinski definition) is 0. The van der Waals surface area contributed by atoms with E-state index in [-0.39, 0.29) is 0 Å². The number of rotatable bonds is 6. The summed E-state index contributed by atoms with van der Waals surface area (Å²) in [4.78, 5) is 0. The van der Waals surface area contributed by atoms with Crippen molar-refractivity contribution < 1.29 is 13.6 Å². The highest BCUT2D eigenvalue weighted by atomic mass is 31.1. The molecule has 0 saturated heterocycles. The van der Waals surface area contributed by atoms with Gasteiger partial charge < -0.3 is 0 Å². The molecule has 0 aromatic rings. The van der Waals surface area contributed by atoms with Gasteiger partial charge in [0.25, 0.3) is 0 Å². The van der Waals surface area contributed by atoms with Gasteiger partial charge in [-0.2, -0.15) is 0 Å². The van der Waals surface area contributed by atoms with Crippen LogP contribution in [-0.2, 0) is 13.6 Å². The molecule has 0 unspecified atom stereocenters. The standard InChI is InChI=1S/C14H26O3P/c15-18(16-11-13-7-3-1-4-8-13)17-12-14-9-5-2-6-10-14/h13-14H,1-12H2/q+1. The van der Waals surface area contributed by atoms with Gasteiger partial charge in [0.1, 0.15) is 13.2 Å². The third kappa shape index (κ3) is 5.34. The lowest BCUT2D eigenvalue weighted by Gasteiger charge is -2.19. The fourth-order valence-corrected chi connectivity index (χ4v) is 3.82. The summed E-state index contributed by atoms with van der Waals surface area (Å²) in [5.74, 6) is 1.21. The van der Waals surface area contributed by atoms with Crippen LogP contribution in [0.3, 0.4) is 0 Å². The second-order valence-corrected chi connectivity index (χ2v) is 6.79. The Morgan fingerprint density at radius 3 is 1.50 bits per heavy atom. The molecule has 0 aliphatic heterocycles. The molecule has 2 aliphatic carbocycles. The lowest BCUT2D eigenvalue weighted by Crippen LogP contribution is -2.13. The minimum atomic E-state index is -1.88. The molecule has 2 saturated carbocycles. The SMILES string of the molecule is O=[P+](OCC1CCCCC1)OCC1CCCCC1. The molecule has 18 heavy (non-hydrogen) atoms. The van der Waals surface area contributed by atoms with Crippen LogP contribution in [0.5, 0.6) is 0 Å². The molecule has 0 amide bonds. The third-order valence-corrected chi connectivity index (χ3v) is 5.00. The minimum absolute atomic E-state index is 0.607. The average molecular weight is 273 g/mol.